The topological polar surface area (TPSA) is 112 Å². The third-order valence-corrected chi connectivity index (χ3v) is 9.76. The Morgan fingerprint density at radius 1 is 0.489 bits per heavy atom. The van der Waals surface area contributed by atoms with Gasteiger partial charge in [0.2, 0.25) is 0 Å². The van der Waals surface area contributed by atoms with Crippen LogP contribution in [0, 0.1) is 17.8 Å². The minimum absolute atomic E-state index is 0.478. The van der Waals surface area contributed by atoms with E-state index in [1.807, 2.05) is 0 Å². The van der Waals surface area contributed by atoms with Crippen LogP contribution in [0.4, 0.5) is 0 Å². The van der Waals surface area contributed by atoms with E-state index in [0.717, 1.165) is 12.8 Å². The van der Waals surface area contributed by atoms with Crippen molar-refractivity contribution < 1.29 is 34.2 Å². The summed E-state index contributed by atoms with van der Waals surface area (Å²) < 4.78 is 0.530. The van der Waals surface area contributed by atoms with Gasteiger partial charge in [0.15, 0.2) is 0 Å². The van der Waals surface area contributed by atoms with Gasteiger partial charge in [-0.2, -0.15) is 0 Å². The number of nitrogens with zero attached hydrogens (tertiary/aromatic N) is 1. The van der Waals surface area contributed by atoms with E-state index < -0.39 is 35.7 Å². The zero-order valence-corrected chi connectivity index (χ0v) is 29.8. The Morgan fingerprint density at radius 2 is 0.778 bits per heavy atom. The van der Waals surface area contributed by atoms with Crippen LogP contribution >= 0.6 is 0 Å². The highest BCUT2D eigenvalue weighted by molar-refractivity contribution is 5.70. The molecular weight excluding hydrogens is 566 g/mol. The van der Waals surface area contributed by atoms with E-state index in [9.17, 15) is 29.7 Å². The van der Waals surface area contributed by atoms with Crippen molar-refractivity contribution in [1.29, 1.82) is 0 Å². The van der Waals surface area contributed by atoms with Crippen LogP contribution in [-0.2, 0) is 14.4 Å². The Hall–Kier alpha value is -1.89. The second-order valence-electron chi connectivity index (χ2n) is 14.0. The maximum Gasteiger partial charge on any atom is 0.306 e. The highest BCUT2D eigenvalue weighted by Gasteiger charge is 2.31. The summed E-state index contributed by atoms with van der Waals surface area (Å²) in [5.74, 6) is -4.01. The lowest BCUT2D eigenvalue weighted by molar-refractivity contribution is -0.924. The van der Waals surface area contributed by atoms with Crippen LogP contribution in [0.3, 0.4) is 0 Å². The molecule has 0 aliphatic rings. The molecule has 0 amide bonds. The zero-order valence-electron chi connectivity index (χ0n) is 29.8. The number of carboxylic acids is 3. The van der Waals surface area contributed by atoms with Crippen molar-refractivity contribution in [2.45, 2.75) is 169 Å². The summed E-state index contributed by atoms with van der Waals surface area (Å²) in [6.07, 6.45) is 31.3. The van der Waals surface area contributed by atoms with Gasteiger partial charge in [-0.05, 0) is 18.9 Å². The molecule has 0 bridgehead atoms. The van der Waals surface area contributed by atoms with Crippen molar-refractivity contribution in [3.63, 3.8) is 0 Å². The van der Waals surface area contributed by atoms with Crippen molar-refractivity contribution in [1.82, 2.24) is 0 Å². The molecule has 0 aliphatic carbocycles. The highest BCUT2D eigenvalue weighted by Crippen LogP contribution is 2.21. The average molecular weight is 639 g/mol. The quantitative estimate of drug-likeness (QED) is 0.0375. The van der Waals surface area contributed by atoms with Gasteiger partial charge in [0, 0.05) is 19.3 Å². The van der Waals surface area contributed by atoms with E-state index in [1.54, 1.807) is 20.8 Å². The van der Waals surface area contributed by atoms with Crippen molar-refractivity contribution in [3.05, 3.63) is 12.2 Å². The second-order valence-corrected chi connectivity index (χ2v) is 14.0. The summed E-state index contributed by atoms with van der Waals surface area (Å²) in [5.41, 5.74) is 0. The molecule has 3 N–H and O–H groups in total. The Kier molecular flexibility index (Phi) is 27.2. The van der Waals surface area contributed by atoms with Crippen LogP contribution in [0.2, 0.25) is 0 Å². The number of quaternary nitrogens is 1. The van der Waals surface area contributed by atoms with E-state index in [2.05, 4.69) is 19.1 Å². The number of hydrogen-bond donors (Lipinski definition) is 3. The molecule has 0 heterocycles. The lowest BCUT2D eigenvalue weighted by Gasteiger charge is -2.39. The molecule has 7 nitrogen and oxygen atoms in total. The van der Waals surface area contributed by atoms with Crippen LogP contribution in [0.1, 0.15) is 169 Å². The second kappa shape index (κ2) is 28.3. The molecule has 0 saturated carbocycles. The summed E-state index contributed by atoms with van der Waals surface area (Å²) in [5, 5.41) is 28.3. The van der Waals surface area contributed by atoms with Gasteiger partial charge in [-0.15, -0.1) is 0 Å². The molecule has 0 fully saturated rings. The van der Waals surface area contributed by atoms with Gasteiger partial charge in [-0.3, -0.25) is 14.4 Å². The summed E-state index contributed by atoms with van der Waals surface area (Å²) in [4.78, 5) is 34.5. The smallest absolute Gasteiger partial charge is 0.306 e. The number of carboxylic acid groups (broad SMARTS) is 3. The molecule has 0 aliphatic heterocycles. The fourth-order valence-corrected chi connectivity index (χ4v) is 5.96. The molecule has 7 heteroatoms. The normalized spacial score (nSPS) is 15.1. The van der Waals surface area contributed by atoms with Crippen LogP contribution in [-0.4, -0.2) is 63.9 Å². The maximum absolute atomic E-state index is 11.5. The van der Waals surface area contributed by atoms with Gasteiger partial charge in [-0.1, -0.05) is 143 Å². The minimum atomic E-state index is -0.837. The third kappa shape index (κ3) is 24.9. The van der Waals surface area contributed by atoms with E-state index in [1.165, 1.54) is 109 Å². The maximum atomic E-state index is 11.5. The SMILES string of the molecule is CCCCCCCCCCCCCCCCCCCC/C=C/C[N+](CCC(C)C(=O)O)(CCC(C)C(=O)O)CCC(C)C(=O)O. The number of hydrogen-bond acceptors (Lipinski definition) is 3. The van der Waals surface area contributed by atoms with Crippen molar-refractivity contribution in [2.75, 3.05) is 26.2 Å². The highest BCUT2D eigenvalue weighted by atomic mass is 16.4. The number of carbonyl (C=O) groups is 3. The molecule has 0 spiro atoms. The summed E-state index contributed by atoms with van der Waals surface area (Å²) in [7, 11) is 0. The average Bonchev–Trinajstić information content (AvgIpc) is 3.01. The molecule has 0 rings (SSSR count). The predicted octanol–water partition coefficient (Wildman–Crippen LogP) is 10.1. The van der Waals surface area contributed by atoms with Crippen LogP contribution < -0.4 is 0 Å². The number of allylic oxidation sites excluding steroid dienone is 1. The van der Waals surface area contributed by atoms with E-state index >= 15 is 0 Å². The summed E-state index contributed by atoms with van der Waals surface area (Å²) >= 11 is 0. The molecular formula is C38H72NO6+. The fraction of sp³-hybridized carbons (Fsp3) is 0.868. The largest absolute Gasteiger partial charge is 0.481 e. The van der Waals surface area contributed by atoms with Gasteiger partial charge in [0.25, 0.3) is 0 Å². The third-order valence-electron chi connectivity index (χ3n) is 9.76. The Labute approximate surface area is 276 Å². The first-order valence-corrected chi connectivity index (χ1v) is 18.7. The molecule has 0 radical (unpaired) electrons. The molecule has 0 aromatic rings. The van der Waals surface area contributed by atoms with Crippen molar-refractivity contribution >= 4 is 17.9 Å². The van der Waals surface area contributed by atoms with Crippen molar-refractivity contribution in [2.24, 2.45) is 17.8 Å². The van der Waals surface area contributed by atoms with Gasteiger partial charge in [-0.25, -0.2) is 0 Å². The first kappa shape index (κ1) is 43.1. The molecule has 0 aromatic heterocycles. The summed E-state index contributed by atoms with van der Waals surface area (Å²) in [6.45, 7) is 9.83. The lowest BCUT2D eigenvalue weighted by Crippen LogP contribution is -2.52. The first-order valence-electron chi connectivity index (χ1n) is 18.7. The van der Waals surface area contributed by atoms with Crippen LogP contribution in [0.15, 0.2) is 12.2 Å². The van der Waals surface area contributed by atoms with E-state index in [0.29, 0.717) is 49.9 Å². The number of unbranched alkanes of at least 4 members (excludes halogenated alkanes) is 18. The molecule has 0 aromatic carbocycles. The number of aliphatic carboxylic acids is 3. The van der Waals surface area contributed by atoms with E-state index in [-0.39, 0.29) is 0 Å². The molecule has 0 saturated heterocycles. The predicted molar refractivity (Wildman–Crippen MR) is 187 cm³/mol. The molecule has 3 unspecified atom stereocenters. The lowest BCUT2D eigenvalue weighted by atomic mass is 10.0. The van der Waals surface area contributed by atoms with Crippen LogP contribution in [0.25, 0.3) is 0 Å². The Bertz CT molecular complexity index is 722. The Morgan fingerprint density at radius 3 is 1.07 bits per heavy atom. The zero-order chi connectivity index (χ0) is 33.8. The first-order chi connectivity index (χ1) is 21.5. The van der Waals surface area contributed by atoms with E-state index in [4.69, 9.17) is 0 Å². The number of rotatable bonds is 33. The molecule has 264 valence electrons. The minimum Gasteiger partial charge on any atom is -0.481 e. The van der Waals surface area contributed by atoms with Gasteiger partial charge in [0.05, 0.1) is 43.9 Å². The van der Waals surface area contributed by atoms with Gasteiger partial charge in [0.1, 0.15) is 0 Å². The van der Waals surface area contributed by atoms with Crippen molar-refractivity contribution in [3.8, 4) is 0 Å². The summed E-state index contributed by atoms with van der Waals surface area (Å²) in [6, 6.07) is 0. The fourth-order valence-electron chi connectivity index (χ4n) is 5.96. The molecule has 3 atom stereocenters. The monoisotopic (exact) mass is 639 g/mol. The van der Waals surface area contributed by atoms with Gasteiger partial charge >= 0.3 is 17.9 Å². The van der Waals surface area contributed by atoms with Gasteiger partial charge < -0.3 is 19.8 Å². The molecule has 45 heavy (non-hydrogen) atoms. The Balaban J connectivity index is 4.40. The van der Waals surface area contributed by atoms with Crippen LogP contribution in [0.5, 0.6) is 0 Å². The standard InChI is InChI=1S/C38H71NO6/c1-5-6-7-8-9-10-11-12-13-14-15-16-17-18-19-20-21-22-23-24-25-29-39(30-26-33(2)36(40)41,31-27-34(3)37(42)43)32-28-35(4)38(44)45/h24-25,33-35H,5-23,26-32H2,1-4H3,(H2-,40,41,42,43,44,45)/p+1/b25-24+.